The van der Waals surface area contributed by atoms with Crippen molar-refractivity contribution < 1.29 is 0 Å². The Kier molecular flexibility index (Phi) is 6.87. The van der Waals surface area contributed by atoms with Crippen molar-refractivity contribution in [3.05, 3.63) is 194 Å². The van der Waals surface area contributed by atoms with Gasteiger partial charge in [-0.25, -0.2) is 0 Å². The minimum absolute atomic E-state index is 0.652. The van der Waals surface area contributed by atoms with Gasteiger partial charge in [-0.3, -0.25) is 0 Å². The van der Waals surface area contributed by atoms with Crippen molar-refractivity contribution in [2.75, 3.05) is 0 Å². The van der Waals surface area contributed by atoms with Crippen LogP contribution in [-0.4, -0.2) is 9.13 Å². The molecule has 0 aliphatic heterocycles. The van der Waals surface area contributed by atoms with Gasteiger partial charge in [0.2, 0.25) is 0 Å². The molecule has 52 heavy (non-hydrogen) atoms. The van der Waals surface area contributed by atoms with Gasteiger partial charge in [-0.05, 0) is 112 Å². The van der Waals surface area contributed by atoms with Crippen LogP contribution in [-0.2, 0) is 0 Å². The van der Waals surface area contributed by atoms with E-state index in [2.05, 4.69) is 179 Å². The topological polar surface area (TPSA) is 33.6 Å². The monoisotopic (exact) mass is 661 g/mol. The first kappa shape index (κ1) is 29.7. The number of nitriles is 1. The van der Waals surface area contributed by atoms with Gasteiger partial charge in [-0.2, -0.15) is 5.26 Å². The van der Waals surface area contributed by atoms with Crippen LogP contribution < -0.4 is 0 Å². The van der Waals surface area contributed by atoms with Gasteiger partial charge in [0.05, 0.1) is 33.7 Å². The zero-order chi connectivity index (χ0) is 34.6. The number of hydrogen-bond donors (Lipinski definition) is 0. The van der Waals surface area contributed by atoms with Crippen LogP contribution in [0.5, 0.6) is 0 Å². The molecule has 0 spiro atoms. The molecule has 0 N–H and O–H groups in total. The third-order valence-electron chi connectivity index (χ3n) is 10.4. The third kappa shape index (κ3) is 4.81. The molecular weight excluding hydrogens is 631 g/mol. The highest BCUT2D eigenvalue weighted by atomic mass is 15.0. The van der Waals surface area contributed by atoms with E-state index < -0.39 is 0 Å². The Labute approximate surface area is 301 Å². The summed E-state index contributed by atoms with van der Waals surface area (Å²) >= 11 is 0. The third-order valence-corrected chi connectivity index (χ3v) is 10.4. The van der Waals surface area contributed by atoms with E-state index in [9.17, 15) is 5.26 Å². The molecule has 0 saturated carbocycles. The highest BCUT2D eigenvalue weighted by molar-refractivity contribution is 6.13. The van der Waals surface area contributed by atoms with Crippen LogP contribution in [0.2, 0.25) is 0 Å². The predicted octanol–water partition coefficient (Wildman–Crippen LogP) is 12.8. The zero-order valence-corrected chi connectivity index (χ0v) is 28.2. The first-order valence-corrected chi connectivity index (χ1v) is 17.6. The van der Waals surface area contributed by atoms with Gasteiger partial charge in [-0.15, -0.1) is 0 Å². The predicted molar refractivity (Wildman–Crippen MR) is 216 cm³/mol. The molecule has 2 aromatic heterocycles. The lowest BCUT2D eigenvalue weighted by Gasteiger charge is -2.10. The van der Waals surface area contributed by atoms with Crippen LogP contribution in [0.25, 0.3) is 88.4 Å². The first-order valence-electron chi connectivity index (χ1n) is 17.6. The van der Waals surface area contributed by atoms with Crippen molar-refractivity contribution in [1.82, 2.24) is 9.13 Å². The highest BCUT2D eigenvalue weighted by Gasteiger charge is 2.17. The minimum atomic E-state index is 0.652. The molecule has 242 valence electrons. The Bertz CT molecular complexity index is 2980. The Hall–Kier alpha value is -7.15. The van der Waals surface area contributed by atoms with Crippen molar-refractivity contribution in [2.24, 2.45) is 0 Å². The zero-order valence-electron chi connectivity index (χ0n) is 28.2. The van der Waals surface area contributed by atoms with E-state index in [0.29, 0.717) is 5.56 Å². The fraction of sp³-hybridized carbons (Fsp3) is 0. The summed E-state index contributed by atoms with van der Waals surface area (Å²) in [6.07, 6.45) is 0. The van der Waals surface area contributed by atoms with Crippen molar-refractivity contribution >= 4 is 43.6 Å². The Balaban J connectivity index is 1.14. The van der Waals surface area contributed by atoms with Crippen LogP contribution in [0, 0.1) is 11.3 Å². The molecule has 2 heterocycles. The quantitative estimate of drug-likeness (QED) is 0.181. The Morgan fingerprint density at radius 1 is 0.308 bits per heavy atom. The Morgan fingerprint density at radius 3 is 1.19 bits per heavy atom. The normalized spacial score (nSPS) is 11.4. The van der Waals surface area contributed by atoms with Crippen LogP contribution in [0.3, 0.4) is 0 Å². The smallest absolute Gasteiger partial charge is 0.0991 e. The summed E-state index contributed by atoms with van der Waals surface area (Å²) in [5, 5.41) is 14.3. The number of para-hydroxylation sites is 1. The second kappa shape index (κ2) is 12.0. The molecule has 0 bridgehead atoms. The van der Waals surface area contributed by atoms with E-state index in [4.69, 9.17) is 0 Å². The van der Waals surface area contributed by atoms with Gasteiger partial charge in [-0.1, -0.05) is 109 Å². The van der Waals surface area contributed by atoms with E-state index in [0.717, 1.165) is 22.4 Å². The Morgan fingerprint density at radius 2 is 0.673 bits per heavy atom. The maximum absolute atomic E-state index is 9.46. The largest absolute Gasteiger partial charge is 0.309 e. The number of benzene rings is 8. The van der Waals surface area contributed by atoms with Gasteiger partial charge in [0, 0.05) is 32.9 Å². The summed E-state index contributed by atoms with van der Waals surface area (Å²) < 4.78 is 4.69. The summed E-state index contributed by atoms with van der Waals surface area (Å²) in [5.74, 6) is 0. The van der Waals surface area contributed by atoms with E-state index in [1.165, 1.54) is 66.0 Å². The summed E-state index contributed by atoms with van der Waals surface area (Å²) in [6, 6.07) is 69.2. The van der Waals surface area contributed by atoms with Gasteiger partial charge < -0.3 is 9.13 Å². The summed E-state index contributed by atoms with van der Waals surface area (Å²) in [4.78, 5) is 0. The molecule has 3 nitrogen and oxygen atoms in total. The average molecular weight is 662 g/mol. The summed E-state index contributed by atoms with van der Waals surface area (Å²) in [6.45, 7) is 0. The SMILES string of the molecule is N#Cc1ccc(-n2c3ccc(-c4ccccc4)cc3c3cc(-c4ccc5c(c4)c4ccccc4n5-c4ccc(-c5ccccc5)cc4)ccc32)cc1. The molecule has 0 atom stereocenters. The number of hydrogen-bond acceptors (Lipinski definition) is 1. The molecule has 0 unspecified atom stereocenters. The number of rotatable bonds is 5. The molecule has 0 radical (unpaired) electrons. The molecular formula is C49H31N3. The number of nitrogens with zero attached hydrogens (tertiary/aromatic N) is 3. The maximum Gasteiger partial charge on any atom is 0.0991 e. The summed E-state index contributed by atoms with van der Waals surface area (Å²) in [7, 11) is 0. The van der Waals surface area contributed by atoms with Gasteiger partial charge in [0.15, 0.2) is 0 Å². The van der Waals surface area contributed by atoms with Crippen molar-refractivity contribution in [3.63, 3.8) is 0 Å². The van der Waals surface area contributed by atoms with Crippen LogP contribution in [0.1, 0.15) is 5.56 Å². The summed E-state index contributed by atoms with van der Waals surface area (Å²) in [5.41, 5.74) is 14.6. The van der Waals surface area contributed by atoms with Crippen molar-refractivity contribution in [1.29, 1.82) is 5.26 Å². The van der Waals surface area contributed by atoms with Crippen LogP contribution in [0.15, 0.2) is 188 Å². The molecule has 0 saturated heterocycles. The molecule has 0 fully saturated rings. The van der Waals surface area contributed by atoms with Crippen LogP contribution >= 0.6 is 0 Å². The van der Waals surface area contributed by atoms with Crippen molar-refractivity contribution in [2.45, 2.75) is 0 Å². The second-order valence-electron chi connectivity index (χ2n) is 13.3. The van der Waals surface area contributed by atoms with Gasteiger partial charge in [0.1, 0.15) is 0 Å². The fourth-order valence-corrected chi connectivity index (χ4v) is 7.84. The van der Waals surface area contributed by atoms with Gasteiger partial charge >= 0.3 is 0 Å². The molecule has 10 rings (SSSR count). The lowest BCUT2D eigenvalue weighted by molar-refractivity contribution is 1.18. The van der Waals surface area contributed by atoms with E-state index in [-0.39, 0.29) is 0 Å². The minimum Gasteiger partial charge on any atom is -0.309 e. The molecule has 10 aromatic rings. The first-order chi connectivity index (χ1) is 25.7. The van der Waals surface area contributed by atoms with Crippen LogP contribution in [0.4, 0.5) is 0 Å². The van der Waals surface area contributed by atoms with E-state index >= 15 is 0 Å². The average Bonchev–Trinajstić information content (AvgIpc) is 3.73. The maximum atomic E-state index is 9.46. The van der Waals surface area contributed by atoms with E-state index in [1.807, 2.05) is 24.3 Å². The molecule has 0 aliphatic carbocycles. The molecule has 0 aliphatic rings. The molecule has 3 heteroatoms. The standard InChI is InChI=1S/C49H31N3/c50-32-33-15-22-40(23-16-33)52-48-26-19-37(35-11-5-2-6-12-35)29-44(48)45-31-39(21-28-49(45)52)38-20-27-47-43(30-38)42-13-7-8-14-46(42)51(47)41-24-17-36(18-25-41)34-9-3-1-4-10-34/h1-31H. The molecule has 8 aromatic carbocycles. The lowest BCUT2D eigenvalue weighted by Crippen LogP contribution is -1.94. The number of fused-ring (bicyclic) bond motifs is 6. The molecule has 0 amide bonds. The number of aromatic nitrogens is 2. The second-order valence-corrected chi connectivity index (χ2v) is 13.3. The highest BCUT2D eigenvalue weighted by Crippen LogP contribution is 2.39. The lowest BCUT2D eigenvalue weighted by atomic mass is 9.99. The fourth-order valence-electron chi connectivity index (χ4n) is 7.84. The van der Waals surface area contributed by atoms with Gasteiger partial charge in [0.25, 0.3) is 0 Å². The van der Waals surface area contributed by atoms with E-state index in [1.54, 1.807) is 0 Å². The van der Waals surface area contributed by atoms with Crippen molar-refractivity contribution in [3.8, 4) is 50.8 Å².